The van der Waals surface area contributed by atoms with E-state index in [-0.39, 0.29) is 5.91 Å². The lowest BCUT2D eigenvalue weighted by Crippen LogP contribution is -2.03. The summed E-state index contributed by atoms with van der Waals surface area (Å²) in [6.07, 6.45) is 1.36. The van der Waals surface area contributed by atoms with Gasteiger partial charge in [-0.05, 0) is 41.3 Å². The number of benzene rings is 2. The van der Waals surface area contributed by atoms with Crippen molar-refractivity contribution in [1.29, 1.82) is 0 Å². The Morgan fingerprint density at radius 2 is 1.84 bits per heavy atom. The minimum absolute atomic E-state index is 0.0802. The van der Waals surface area contributed by atoms with Gasteiger partial charge in [0, 0.05) is 5.69 Å². The van der Waals surface area contributed by atoms with Crippen LogP contribution in [-0.2, 0) is 17.6 Å². The van der Waals surface area contributed by atoms with Gasteiger partial charge in [-0.25, -0.2) is 0 Å². The summed E-state index contributed by atoms with van der Waals surface area (Å²) < 4.78 is 5.15. The SMILES string of the molecule is COc1ccc(Cc2ccc3c(c2)CC(=O)N3)cc1. The number of nitrogens with one attached hydrogen (secondary N) is 1. The van der Waals surface area contributed by atoms with E-state index in [1.165, 1.54) is 11.1 Å². The average molecular weight is 253 g/mol. The molecule has 3 rings (SSSR count). The van der Waals surface area contributed by atoms with E-state index in [2.05, 4.69) is 29.6 Å². The van der Waals surface area contributed by atoms with Gasteiger partial charge in [0.2, 0.25) is 5.91 Å². The first-order valence-corrected chi connectivity index (χ1v) is 6.29. The molecule has 19 heavy (non-hydrogen) atoms. The first kappa shape index (κ1) is 11.8. The van der Waals surface area contributed by atoms with Crippen LogP contribution in [0.1, 0.15) is 16.7 Å². The zero-order valence-corrected chi connectivity index (χ0v) is 10.8. The number of amides is 1. The van der Waals surface area contributed by atoms with Gasteiger partial charge in [-0.2, -0.15) is 0 Å². The lowest BCUT2D eigenvalue weighted by Gasteiger charge is -2.06. The summed E-state index contributed by atoms with van der Waals surface area (Å²) in [7, 11) is 1.67. The maximum atomic E-state index is 11.3. The highest BCUT2D eigenvalue weighted by Gasteiger charge is 2.17. The molecule has 0 bridgehead atoms. The number of anilines is 1. The third-order valence-electron chi connectivity index (χ3n) is 3.36. The number of carbonyl (C=O) groups is 1. The molecule has 0 radical (unpaired) electrons. The van der Waals surface area contributed by atoms with Crippen molar-refractivity contribution in [2.24, 2.45) is 0 Å². The molecule has 2 aromatic carbocycles. The minimum Gasteiger partial charge on any atom is -0.497 e. The van der Waals surface area contributed by atoms with Gasteiger partial charge in [0.15, 0.2) is 0 Å². The van der Waals surface area contributed by atoms with Crippen LogP contribution in [0, 0.1) is 0 Å². The molecule has 2 aromatic rings. The van der Waals surface area contributed by atoms with Crippen molar-refractivity contribution >= 4 is 11.6 Å². The van der Waals surface area contributed by atoms with Crippen LogP contribution in [0.3, 0.4) is 0 Å². The lowest BCUT2D eigenvalue weighted by molar-refractivity contribution is -0.115. The first-order chi connectivity index (χ1) is 9.24. The fourth-order valence-electron chi connectivity index (χ4n) is 2.37. The molecule has 0 spiro atoms. The van der Waals surface area contributed by atoms with Crippen LogP contribution >= 0.6 is 0 Å². The molecular weight excluding hydrogens is 238 g/mol. The number of rotatable bonds is 3. The predicted octanol–water partition coefficient (Wildman–Crippen LogP) is 2.78. The van der Waals surface area contributed by atoms with E-state index in [9.17, 15) is 4.79 Å². The molecule has 1 amide bonds. The summed E-state index contributed by atoms with van der Waals surface area (Å²) in [6, 6.07) is 14.2. The predicted molar refractivity (Wildman–Crippen MR) is 74.6 cm³/mol. The quantitative estimate of drug-likeness (QED) is 0.913. The molecule has 1 aliphatic heterocycles. The van der Waals surface area contributed by atoms with Crippen LogP contribution in [0.5, 0.6) is 5.75 Å². The molecule has 3 heteroatoms. The number of carbonyl (C=O) groups excluding carboxylic acids is 1. The van der Waals surface area contributed by atoms with E-state index in [1.54, 1.807) is 7.11 Å². The van der Waals surface area contributed by atoms with Crippen molar-refractivity contribution in [3.63, 3.8) is 0 Å². The van der Waals surface area contributed by atoms with Crippen molar-refractivity contribution in [2.75, 3.05) is 12.4 Å². The van der Waals surface area contributed by atoms with Crippen molar-refractivity contribution in [1.82, 2.24) is 0 Å². The van der Waals surface area contributed by atoms with Gasteiger partial charge >= 0.3 is 0 Å². The van der Waals surface area contributed by atoms with Gasteiger partial charge in [-0.3, -0.25) is 4.79 Å². The Morgan fingerprint density at radius 3 is 2.58 bits per heavy atom. The number of fused-ring (bicyclic) bond motifs is 1. The van der Waals surface area contributed by atoms with Gasteiger partial charge < -0.3 is 10.1 Å². The normalized spacial score (nSPS) is 13.0. The standard InChI is InChI=1S/C16H15NO2/c1-19-14-5-2-11(3-6-14)8-12-4-7-15-13(9-12)10-16(18)17-15/h2-7,9H,8,10H2,1H3,(H,17,18). The highest BCUT2D eigenvalue weighted by Crippen LogP contribution is 2.25. The summed E-state index contributed by atoms with van der Waals surface area (Å²) in [5.74, 6) is 0.948. The van der Waals surface area contributed by atoms with E-state index >= 15 is 0 Å². The molecular formula is C16H15NO2. The van der Waals surface area contributed by atoms with Crippen molar-refractivity contribution in [2.45, 2.75) is 12.8 Å². The lowest BCUT2D eigenvalue weighted by atomic mass is 10.0. The van der Waals surface area contributed by atoms with E-state index in [0.29, 0.717) is 6.42 Å². The monoisotopic (exact) mass is 253 g/mol. The Bertz CT molecular complexity index is 617. The fraction of sp³-hybridized carbons (Fsp3) is 0.188. The second-order valence-electron chi connectivity index (χ2n) is 4.74. The average Bonchev–Trinajstić information content (AvgIpc) is 2.79. The molecule has 0 saturated heterocycles. The summed E-state index contributed by atoms with van der Waals surface area (Å²) in [5.41, 5.74) is 4.50. The highest BCUT2D eigenvalue weighted by molar-refractivity contribution is 5.99. The third kappa shape index (κ3) is 2.45. The maximum absolute atomic E-state index is 11.3. The van der Waals surface area contributed by atoms with Gasteiger partial charge in [0.05, 0.1) is 13.5 Å². The number of hydrogen-bond donors (Lipinski definition) is 1. The van der Waals surface area contributed by atoms with Crippen molar-refractivity contribution in [3.8, 4) is 5.75 Å². The highest BCUT2D eigenvalue weighted by atomic mass is 16.5. The molecule has 1 aliphatic rings. The summed E-state index contributed by atoms with van der Waals surface area (Å²) in [4.78, 5) is 11.3. The van der Waals surface area contributed by atoms with Gasteiger partial charge in [-0.15, -0.1) is 0 Å². The summed E-state index contributed by atoms with van der Waals surface area (Å²) in [5, 5.41) is 2.85. The number of hydrogen-bond acceptors (Lipinski definition) is 2. The number of ether oxygens (including phenoxy) is 1. The van der Waals surface area contributed by atoms with Crippen LogP contribution < -0.4 is 10.1 Å². The molecule has 0 aromatic heterocycles. The Labute approximate surface area is 112 Å². The van der Waals surface area contributed by atoms with E-state index < -0.39 is 0 Å². The molecule has 3 nitrogen and oxygen atoms in total. The Kier molecular flexibility index (Phi) is 2.95. The van der Waals surface area contributed by atoms with E-state index in [0.717, 1.165) is 23.4 Å². The Hall–Kier alpha value is -2.29. The van der Waals surface area contributed by atoms with Crippen molar-refractivity contribution < 1.29 is 9.53 Å². The van der Waals surface area contributed by atoms with Crippen LogP contribution in [0.2, 0.25) is 0 Å². The van der Waals surface area contributed by atoms with E-state index in [1.807, 2.05) is 18.2 Å². The molecule has 0 atom stereocenters. The third-order valence-corrected chi connectivity index (χ3v) is 3.36. The Morgan fingerprint density at radius 1 is 1.11 bits per heavy atom. The van der Waals surface area contributed by atoms with Gasteiger partial charge in [0.1, 0.15) is 5.75 Å². The van der Waals surface area contributed by atoms with Crippen LogP contribution in [0.4, 0.5) is 5.69 Å². The summed E-state index contributed by atoms with van der Waals surface area (Å²) in [6.45, 7) is 0. The molecule has 1 heterocycles. The Balaban J connectivity index is 1.80. The second-order valence-corrected chi connectivity index (χ2v) is 4.74. The van der Waals surface area contributed by atoms with Crippen LogP contribution in [-0.4, -0.2) is 13.0 Å². The first-order valence-electron chi connectivity index (χ1n) is 6.29. The molecule has 96 valence electrons. The fourth-order valence-corrected chi connectivity index (χ4v) is 2.37. The van der Waals surface area contributed by atoms with E-state index in [4.69, 9.17) is 4.74 Å². The van der Waals surface area contributed by atoms with Crippen LogP contribution in [0.25, 0.3) is 0 Å². The van der Waals surface area contributed by atoms with Crippen molar-refractivity contribution in [3.05, 3.63) is 59.2 Å². The topological polar surface area (TPSA) is 38.3 Å². The largest absolute Gasteiger partial charge is 0.497 e. The van der Waals surface area contributed by atoms with Crippen LogP contribution in [0.15, 0.2) is 42.5 Å². The van der Waals surface area contributed by atoms with Gasteiger partial charge in [-0.1, -0.05) is 24.3 Å². The molecule has 0 unspecified atom stereocenters. The minimum atomic E-state index is 0.0802. The maximum Gasteiger partial charge on any atom is 0.228 e. The second kappa shape index (κ2) is 4.76. The zero-order valence-electron chi connectivity index (χ0n) is 10.8. The summed E-state index contributed by atoms with van der Waals surface area (Å²) >= 11 is 0. The zero-order chi connectivity index (χ0) is 13.2. The molecule has 0 saturated carbocycles. The molecule has 0 fully saturated rings. The smallest absolute Gasteiger partial charge is 0.228 e. The van der Waals surface area contributed by atoms with Gasteiger partial charge in [0.25, 0.3) is 0 Å². The number of methoxy groups -OCH3 is 1. The molecule has 1 N–H and O–H groups in total. The molecule has 0 aliphatic carbocycles.